The molecule has 6 nitrogen and oxygen atoms in total. The molecular formula is C31H32ClFN6. The van der Waals surface area contributed by atoms with E-state index in [1.54, 1.807) is 0 Å². The number of benzene rings is 3. The molecule has 2 bridgehead atoms. The smallest absolute Gasteiger partial charge is 0.228 e. The van der Waals surface area contributed by atoms with E-state index in [4.69, 9.17) is 21.6 Å². The number of hydrogen-bond donors (Lipinski definition) is 1. The van der Waals surface area contributed by atoms with Gasteiger partial charge in [-0.3, -0.25) is 0 Å². The van der Waals surface area contributed by atoms with Crippen molar-refractivity contribution in [1.82, 2.24) is 20.2 Å². The molecule has 8 rings (SSSR count). The Morgan fingerprint density at radius 3 is 2.49 bits per heavy atom. The summed E-state index contributed by atoms with van der Waals surface area (Å²) in [5.41, 5.74) is 1.86. The van der Waals surface area contributed by atoms with Crippen molar-refractivity contribution in [1.29, 1.82) is 0 Å². The lowest BCUT2D eigenvalue weighted by atomic mass is 9.79. The monoisotopic (exact) mass is 542 g/mol. The largest absolute Gasteiger partial charge is 0.353 e. The van der Waals surface area contributed by atoms with Gasteiger partial charge in [0, 0.05) is 61.2 Å². The molecule has 4 fully saturated rings. The van der Waals surface area contributed by atoms with Crippen molar-refractivity contribution in [2.75, 3.05) is 56.1 Å². The van der Waals surface area contributed by atoms with Crippen LogP contribution in [0.15, 0.2) is 48.5 Å². The third kappa shape index (κ3) is 3.81. The van der Waals surface area contributed by atoms with Crippen molar-refractivity contribution in [3.8, 4) is 11.1 Å². The Labute approximate surface area is 232 Å². The van der Waals surface area contributed by atoms with E-state index in [-0.39, 0.29) is 5.82 Å². The average molecular weight is 543 g/mol. The summed E-state index contributed by atoms with van der Waals surface area (Å²) >= 11 is 6.92. The number of fused-ring (bicyclic) bond motifs is 4. The van der Waals surface area contributed by atoms with Gasteiger partial charge in [0.2, 0.25) is 5.95 Å². The van der Waals surface area contributed by atoms with E-state index >= 15 is 4.39 Å². The fraction of sp³-hybridized carbons (Fsp3) is 0.419. The molecule has 200 valence electrons. The molecule has 39 heavy (non-hydrogen) atoms. The van der Waals surface area contributed by atoms with E-state index in [1.807, 2.05) is 48.5 Å². The zero-order valence-electron chi connectivity index (χ0n) is 22.1. The molecule has 4 aliphatic heterocycles. The minimum absolute atomic E-state index is 0.300. The van der Waals surface area contributed by atoms with Crippen molar-refractivity contribution in [2.24, 2.45) is 5.41 Å². The van der Waals surface area contributed by atoms with Gasteiger partial charge in [0.05, 0.1) is 5.02 Å². The summed E-state index contributed by atoms with van der Waals surface area (Å²) < 4.78 is 16.7. The third-order valence-corrected chi connectivity index (χ3v) is 9.69. The molecule has 4 aliphatic rings. The van der Waals surface area contributed by atoms with Crippen LogP contribution in [0.4, 0.5) is 16.2 Å². The molecular weight excluding hydrogens is 511 g/mol. The predicted molar refractivity (Wildman–Crippen MR) is 156 cm³/mol. The topological polar surface area (TPSA) is 47.5 Å². The van der Waals surface area contributed by atoms with Gasteiger partial charge in [-0.1, -0.05) is 54.1 Å². The number of nitrogens with zero attached hydrogens (tertiary/aromatic N) is 5. The highest BCUT2D eigenvalue weighted by Gasteiger charge is 2.48. The van der Waals surface area contributed by atoms with Crippen molar-refractivity contribution in [3.05, 3.63) is 59.4 Å². The lowest BCUT2D eigenvalue weighted by Crippen LogP contribution is -2.58. The molecule has 2 unspecified atom stereocenters. The molecule has 0 amide bonds. The van der Waals surface area contributed by atoms with Crippen LogP contribution in [0.5, 0.6) is 0 Å². The van der Waals surface area contributed by atoms with E-state index in [2.05, 4.69) is 27.1 Å². The van der Waals surface area contributed by atoms with E-state index < -0.39 is 0 Å². The van der Waals surface area contributed by atoms with Gasteiger partial charge in [0.15, 0.2) is 5.82 Å². The van der Waals surface area contributed by atoms with Crippen LogP contribution in [-0.2, 0) is 0 Å². The zero-order valence-corrected chi connectivity index (χ0v) is 22.9. The Morgan fingerprint density at radius 1 is 0.949 bits per heavy atom. The van der Waals surface area contributed by atoms with Gasteiger partial charge in [-0.05, 0) is 55.3 Å². The number of aromatic nitrogens is 2. The second kappa shape index (κ2) is 8.75. The summed E-state index contributed by atoms with van der Waals surface area (Å²) in [5, 5.41) is 6.82. The highest BCUT2D eigenvalue weighted by molar-refractivity contribution is 6.35. The SMILES string of the molecule is CN1CCC2(C1)CN(c1nc(N3CC4CCC(C3)N4)c3cc(Cl)c(-c4cccc5ccccc45)c(F)c3n1)C2. The van der Waals surface area contributed by atoms with Crippen molar-refractivity contribution in [3.63, 3.8) is 0 Å². The zero-order chi connectivity index (χ0) is 26.3. The molecule has 5 heterocycles. The molecule has 0 aliphatic carbocycles. The Kier molecular flexibility index (Phi) is 5.35. The number of halogens is 2. The molecule has 1 aromatic heterocycles. The first-order chi connectivity index (χ1) is 19.0. The Hall–Kier alpha value is -3.00. The fourth-order valence-electron chi connectivity index (χ4n) is 7.53. The number of likely N-dealkylation sites (tertiary alicyclic amines) is 1. The summed E-state index contributed by atoms with van der Waals surface area (Å²) in [4.78, 5) is 17.0. The lowest BCUT2D eigenvalue weighted by Gasteiger charge is -2.48. The van der Waals surface area contributed by atoms with E-state index in [0.29, 0.717) is 44.9 Å². The average Bonchev–Trinajstić information content (AvgIpc) is 3.48. The molecule has 8 heteroatoms. The van der Waals surface area contributed by atoms with Crippen LogP contribution in [0.25, 0.3) is 32.8 Å². The second-order valence-electron chi connectivity index (χ2n) is 12.2. The van der Waals surface area contributed by atoms with E-state index in [0.717, 1.165) is 61.4 Å². The Bertz CT molecular complexity index is 1600. The summed E-state index contributed by atoms with van der Waals surface area (Å²) in [7, 11) is 2.19. The van der Waals surface area contributed by atoms with Gasteiger partial charge in [-0.25, -0.2) is 9.37 Å². The van der Waals surface area contributed by atoms with Gasteiger partial charge >= 0.3 is 0 Å². The fourth-order valence-corrected chi connectivity index (χ4v) is 7.83. The third-order valence-electron chi connectivity index (χ3n) is 9.39. The highest BCUT2D eigenvalue weighted by Crippen LogP contribution is 2.44. The highest BCUT2D eigenvalue weighted by atomic mass is 35.5. The number of nitrogens with one attached hydrogen (secondary N) is 1. The number of piperazine rings is 1. The van der Waals surface area contributed by atoms with Crippen molar-refractivity contribution >= 4 is 45.0 Å². The first-order valence-electron chi connectivity index (χ1n) is 14.1. The lowest BCUT2D eigenvalue weighted by molar-refractivity contribution is 0.215. The maximum atomic E-state index is 16.7. The molecule has 0 radical (unpaired) electrons. The van der Waals surface area contributed by atoms with Crippen molar-refractivity contribution < 1.29 is 4.39 Å². The molecule has 3 aromatic carbocycles. The first kappa shape index (κ1) is 23.9. The summed E-state index contributed by atoms with van der Waals surface area (Å²) in [6.45, 7) is 5.78. The second-order valence-corrected chi connectivity index (χ2v) is 12.6. The van der Waals surface area contributed by atoms with Crippen LogP contribution in [0, 0.1) is 11.2 Å². The van der Waals surface area contributed by atoms with Crippen LogP contribution in [0.3, 0.4) is 0 Å². The van der Waals surface area contributed by atoms with Crippen molar-refractivity contribution in [2.45, 2.75) is 31.3 Å². The maximum absolute atomic E-state index is 16.7. The molecule has 4 saturated heterocycles. The maximum Gasteiger partial charge on any atom is 0.228 e. The quantitative estimate of drug-likeness (QED) is 0.378. The van der Waals surface area contributed by atoms with Gasteiger partial charge in [0.25, 0.3) is 0 Å². The summed E-state index contributed by atoms with van der Waals surface area (Å²) in [6.07, 6.45) is 3.52. The van der Waals surface area contributed by atoms with Gasteiger partial charge in [-0.15, -0.1) is 0 Å². The molecule has 4 aromatic rings. The van der Waals surface area contributed by atoms with E-state index in [9.17, 15) is 0 Å². The summed E-state index contributed by atoms with van der Waals surface area (Å²) in [5.74, 6) is 1.07. The number of rotatable bonds is 3. The van der Waals surface area contributed by atoms with Crippen LogP contribution in [0.1, 0.15) is 19.3 Å². The van der Waals surface area contributed by atoms with Gasteiger partial charge in [-0.2, -0.15) is 4.98 Å². The predicted octanol–water partition coefficient (Wildman–Crippen LogP) is 5.33. The van der Waals surface area contributed by atoms with Crippen LogP contribution in [0.2, 0.25) is 5.02 Å². The van der Waals surface area contributed by atoms with Crippen LogP contribution in [-0.4, -0.2) is 73.3 Å². The summed E-state index contributed by atoms with van der Waals surface area (Å²) in [6, 6.07) is 16.8. The Balaban J connectivity index is 1.29. The minimum Gasteiger partial charge on any atom is -0.353 e. The van der Waals surface area contributed by atoms with Crippen LogP contribution < -0.4 is 15.1 Å². The van der Waals surface area contributed by atoms with Crippen LogP contribution >= 0.6 is 11.6 Å². The Morgan fingerprint density at radius 2 is 1.72 bits per heavy atom. The molecule has 1 N–H and O–H groups in total. The minimum atomic E-state index is -0.368. The molecule has 1 spiro atoms. The van der Waals surface area contributed by atoms with E-state index in [1.165, 1.54) is 19.3 Å². The molecule has 0 saturated carbocycles. The standard InChI is InChI=1S/C31H32ClFN6/c1-37-12-11-31(16-37)17-39(18-31)30-35-28-24(29(36-30)38-14-20-9-10-21(15-38)34-20)13-25(32)26(27(28)33)23-8-4-6-19-5-2-3-7-22(19)23/h2-8,13,20-21,34H,9-12,14-18H2,1H3. The normalized spacial score (nSPS) is 24.3. The van der Waals surface area contributed by atoms with Gasteiger partial charge in [0.1, 0.15) is 11.3 Å². The first-order valence-corrected chi connectivity index (χ1v) is 14.5. The molecule has 2 atom stereocenters. The number of hydrogen-bond acceptors (Lipinski definition) is 6. The number of anilines is 2. The van der Waals surface area contributed by atoms with Gasteiger partial charge < -0.3 is 20.0 Å².